The average Bonchev–Trinajstić information content (AvgIpc) is 2.37. The standard InChI is InChI=1S/C15H17BrN2O2/c1-15(2,3)11-7-9(8-12(16)13(11)20-4)10-5-6-17-18-14(10)19/h5-8H,1-4H3,(H,18,19). The second-order valence-electron chi connectivity index (χ2n) is 5.59. The topological polar surface area (TPSA) is 55.0 Å². The fourth-order valence-corrected chi connectivity index (χ4v) is 2.71. The molecule has 2 rings (SSSR count). The van der Waals surface area contributed by atoms with Crippen LogP contribution in [0.4, 0.5) is 0 Å². The Bertz CT molecular complexity index is 687. The number of benzene rings is 1. The number of halogens is 1. The maximum Gasteiger partial charge on any atom is 0.272 e. The number of H-pyrrole nitrogens is 1. The van der Waals surface area contributed by atoms with E-state index in [9.17, 15) is 4.79 Å². The van der Waals surface area contributed by atoms with Gasteiger partial charge in [-0.05, 0) is 45.1 Å². The van der Waals surface area contributed by atoms with Crippen LogP contribution in [0, 0.1) is 0 Å². The molecule has 1 aromatic heterocycles. The minimum absolute atomic E-state index is 0.0936. The molecule has 0 aliphatic heterocycles. The van der Waals surface area contributed by atoms with Crippen LogP contribution in [0.25, 0.3) is 11.1 Å². The van der Waals surface area contributed by atoms with E-state index in [1.165, 1.54) is 0 Å². The van der Waals surface area contributed by atoms with Crippen molar-refractivity contribution in [2.75, 3.05) is 7.11 Å². The highest BCUT2D eigenvalue weighted by Gasteiger charge is 2.22. The first-order chi connectivity index (χ1) is 9.34. The van der Waals surface area contributed by atoms with E-state index in [1.807, 2.05) is 12.1 Å². The molecule has 0 bridgehead atoms. The number of nitrogens with zero attached hydrogens (tertiary/aromatic N) is 1. The van der Waals surface area contributed by atoms with Crippen molar-refractivity contribution >= 4 is 15.9 Å². The summed E-state index contributed by atoms with van der Waals surface area (Å²) in [5.41, 5.74) is 2.18. The average molecular weight is 337 g/mol. The summed E-state index contributed by atoms with van der Waals surface area (Å²) < 4.78 is 6.31. The molecule has 5 heteroatoms. The van der Waals surface area contributed by atoms with Gasteiger partial charge < -0.3 is 4.74 Å². The highest BCUT2D eigenvalue weighted by Crippen LogP contribution is 2.39. The Morgan fingerprint density at radius 2 is 2.00 bits per heavy atom. The molecular weight excluding hydrogens is 320 g/mol. The van der Waals surface area contributed by atoms with E-state index in [0.717, 1.165) is 21.3 Å². The zero-order valence-electron chi connectivity index (χ0n) is 12.0. The summed E-state index contributed by atoms with van der Waals surface area (Å²) in [4.78, 5) is 11.9. The smallest absolute Gasteiger partial charge is 0.272 e. The third-order valence-corrected chi connectivity index (χ3v) is 3.68. The van der Waals surface area contributed by atoms with Gasteiger partial charge in [0.1, 0.15) is 5.75 Å². The second kappa shape index (κ2) is 5.40. The molecule has 4 nitrogen and oxygen atoms in total. The van der Waals surface area contributed by atoms with Gasteiger partial charge in [0, 0.05) is 11.8 Å². The number of ether oxygens (including phenoxy) is 1. The van der Waals surface area contributed by atoms with Crippen molar-refractivity contribution in [3.8, 4) is 16.9 Å². The van der Waals surface area contributed by atoms with E-state index >= 15 is 0 Å². The van der Waals surface area contributed by atoms with Gasteiger partial charge in [0.05, 0.1) is 17.1 Å². The number of aromatic amines is 1. The number of hydrogen-bond donors (Lipinski definition) is 1. The van der Waals surface area contributed by atoms with Crippen molar-refractivity contribution < 1.29 is 4.74 Å². The van der Waals surface area contributed by atoms with Crippen molar-refractivity contribution in [3.63, 3.8) is 0 Å². The summed E-state index contributed by atoms with van der Waals surface area (Å²) in [6.45, 7) is 6.33. The first kappa shape index (κ1) is 14.8. The van der Waals surface area contributed by atoms with Gasteiger partial charge >= 0.3 is 0 Å². The molecule has 0 amide bonds. The van der Waals surface area contributed by atoms with Crippen LogP contribution in [-0.2, 0) is 5.41 Å². The Labute approximate surface area is 126 Å². The minimum Gasteiger partial charge on any atom is -0.495 e. The summed E-state index contributed by atoms with van der Waals surface area (Å²) in [6, 6.07) is 5.59. The van der Waals surface area contributed by atoms with Crippen LogP contribution in [0.3, 0.4) is 0 Å². The molecule has 1 heterocycles. The minimum atomic E-state index is -0.204. The normalized spacial score (nSPS) is 11.4. The third kappa shape index (κ3) is 2.77. The van der Waals surface area contributed by atoms with E-state index in [4.69, 9.17) is 4.74 Å². The number of methoxy groups -OCH3 is 1. The molecule has 0 radical (unpaired) electrons. The molecule has 0 atom stereocenters. The maximum atomic E-state index is 11.9. The lowest BCUT2D eigenvalue weighted by Gasteiger charge is -2.24. The Balaban J connectivity index is 2.73. The van der Waals surface area contributed by atoms with Crippen molar-refractivity contribution in [2.45, 2.75) is 26.2 Å². The summed E-state index contributed by atoms with van der Waals surface area (Å²) in [5, 5.41) is 6.18. The summed E-state index contributed by atoms with van der Waals surface area (Å²) in [6.07, 6.45) is 1.58. The van der Waals surface area contributed by atoms with Gasteiger partial charge in [0.2, 0.25) is 0 Å². The highest BCUT2D eigenvalue weighted by molar-refractivity contribution is 9.10. The molecule has 106 valence electrons. The van der Waals surface area contributed by atoms with Crippen LogP contribution in [0.2, 0.25) is 0 Å². The van der Waals surface area contributed by atoms with Crippen LogP contribution < -0.4 is 10.3 Å². The van der Waals surface area contributed by atoms with Crippen molar-refractivity contribution in [1.82, 2.24) is 10.2 Å². The number of hydrogen-bond acceptors (Lipinski definition) is 3. The Morgan fingerprint density at radius 3 is 2.55 bits per heavy atom. The fourth-order valence-electron chi connectivity index (χ4n) is 2.08. The van der Waals surface area contributed by atoms with Crippen molar-refractivity contribution in [1.29, 1.82) is 0 Å². The molecule has 0 unspecified atom stereocenters. The van der Waals surface area contributed by atoms with E-state index in [2.05, 4.69) is 46.9 Å². The molecule has 0 spiro atoms. The zero-order valence-corrected chi connectivity index (χ0v) is 13.5. The summed E-state index contributed by atoms with van der Waals surface area (Å²) in [5.74, 6) is 0.798. The van der Waals surface area contributed by atoms with Gasteiger partial charge in [-0.1, -0.05) is 20.8 Å². The van der Waals surface area contributed by atoms with Crippen LogP contribution in [0.5, 0.6) is 5.75 Å². The molecule has 0 aliphatic carbocycles. The van der Waals surface area contributed by atoms with E-state index in [1.54, 1.807) is 19.4 Å². The Kier molecular flexibility index (Phi) is 3.99. The highest BCUT2D eigenvalue weighted by atomic mass is 79.9. The predicted octanol–water partition coefficient (Wildman–Crippen LogP) is 3.51. The largest absolute Gasteiger partial charge is 0.495 e. The quantitative estimate of drug-likeness (QED) is 0.912. The zero-order chi connectivity index (χ0) is 14.9. The summed E-state index contributed by atoms with van der Waals surface area (Å²) in [7, 11) is 1.65. The lowest BCUT2D eigenvalue weighted by atomic mass is 9.84. The molecular formula is C15H17BrN2O2. The van der Waals surface area contributed by atoms with Crippen LogP contribution in [-0.4, -0.2) is 17.3 Å². The molecule has 2 aromatic rings. The SMILES string of the molecule is COc1c(Br)cc(-c2ccn[nH]c2=O)cc1C(C)(C)C. The Hall–Kier alpha value is -1.62. The number of aromatic nitrogens is 2. The number of rotatable bonds is 2. The molecule has 0 aliphatic rings. The molecule has 1 N–H and O–H groups in total. The van der Waals surface area contributed by atoms with E-state index in [0.29, 0.717) is 5.56 Å². The van der Waals surface area contributed by atoms with Gasteiger partial charge in [-0.15, -0.1) is 0 Å². The molecule has 0 saturated heterocycles. The van der Waals surface area contributed by atoms with Crippen LogP contribution in [0.1, 0.15) is 26.3 Å². The van der Waals surface area contributed by atoms with Crippen LogP contribution in [0.15, 0.2) is 33.7 Å². The van der Waals surface area contributed by atoms with E-state index in [-0.39, 0.29) is 11.0 Å². The molecule has 1 aromatic carbocycles. The van der Waals surface area contributed by atoms with Gasteiger partial charge in [0.25, 0.3) is 5.56 Å². The fraction of sp³-hybridized carbons (Fsp3) is 0.333. The Morgan fingerprint density at radius 1 is 1.30 bits per heavy atom. The van der Waals surface area contributed by atoms with E-state index < -0.39 is 0 Å². The first-order valence-electron chi connectivity index (χ1n) is 6.26. The molecule has 0 fully saturated rings. The lowest BCUT2D eigenvalue weighted by Crippen LogP contribution is -2.15. The third-order valence-electron chi connectivity index (χ3n) is 3.09. The second-order valence-corrected chi connectivity index (χ2v) is 6.44. The van der Waals surface area contributed by atoms with Crippen molar-refractivity contribution in [2.24, 2.45) is 0 Å². The molecule has 0 saturated carbocycles. The first-order valence-corrected chi connectivity index (χ1v) is 7.06. The monoisotopic (exact) mass is 336 g/mol. The van der Waals surface area contributed by atoms with Crippen LogP contribution >= 0.6 is 15.9 Å². The number of nitrogens with one attached hydrogen (secondary N) is 1. The summed E-state index contributed by atoms with van der Waals surface area (Å²) >= 11 is 3.52. The van der Waals surface area contributed by atoms with Gasteiger partial charge in [-0.25, -0.2) is 5.10 Å². The van der Waals surface area contributed by atoms with Gasteiger partial charge in [0.15, 0.2) is 0 Å². The van der Waals surface area contributed by atoms with Crippen molar-refractivity contribution in [3.05, 3.63) is 44.8 Å². The van der Waals surface area contributed by atoms with Gasteiger partial charge in [-0.3, -0.25) is 4.79 Å². The predicted molar refractivity (Wildman–Crippen MR) is 83.2 cm³/mol. The maximum absolute atomic E-state index is 11.9. The van der Waals surface area contributed by atoms with Gasteiger partial charge in [-0.2, -0.15) is 5.10 Å². The lowest BCUT2D eigenvalue weighted by molar-refractivity contribution is 0.395. The molecule has 20 heavy (non-hydrogen) atoms.